The number of amides is 1. The summed E-state index contributed by atoms with van der Waals surface area (Å²) < 4.78 is 5.50. The van der Waals surface area contributed by atoms with Crippen LogP contribution in [0.25, 0.3) is 0 Å². The molecule has 1 aliphatic carbocycles. The van der Waals surface area contributed by atoms with Crippen LogP contribution in [-0.2, 0) is 9.53 Å². The highest BCUT2D eigenvalue weighted by atomic mass is 16.5. The molecule has 4 nitrogen and oxygen atoms in total. The molecule has 0 aromatic carbocycles. The first-order valence-electron chi connectivity index (χ1n) is 7.60. The van der Waals surface area contributed by atoms with Crippen molar-refractivity contribution in [2.75, 3.05) is 20.2 Å². The van der Waals surface area contributed by atoms with Gasteiger partial charge in [0.05, 0.1) is 6.10 Å². The fourth-order valence-corrected chi connectivity index (χ4v) is 3.47. The van der Waals surface area contributed by atoms with Crippen molar-refractivity contribution in [1.29, 1.82) is 0 Å². The molecule has 2 rings (SSSR count). The largest absolute Gasteiger partial charge is 0.379 e. The molecule has 1 aliphatic heterocycles. The lowest BCUT2D eigenvalue weighted by Gasteiger charge is -2.40. The molecule has 1 amide bonds. The van der Waals surface area contributed by atoms with Gasteiger partial charge in [0, 0.05) is 32.2 Å². The lowest BCUT2D eigenvalue weighted by molar-refractivity contribution is -0.143. The summed E-state index contributed by atoms with van der Waals surface area (Å²) in [5.41, 5.74) is 6.03. The van der Waals surface area contributed by atoms with Crippen LogP contribution in [0.2, 0.25) is 0 Å². The van der Waals surface area contributed by atoms with E-state index in [2.05, 4.69) is 13.8 Å². The molecule has 2 fully saturated rings. The fraction of sp³-hybridized carbons (Fsp3) is 0.933. The minimum absolute atomic E-state index is 0.120. The highest BCUT2D eigenvalue weighted by molar-refractivity contribution is 5.79. The fourth-order valence-electron chi connectivity index (χ4n) is 3.47. The van der Waals surface area contributed by atoms with Crippen LogP contribution in [0.3, 0.4) is 0 Å². The molecule has 1 heterocycles. The number of nitrogens with two attached hydrogens (primary N) is 1. The second kappa shape index (κ2) is 6.23. The number of carbonyl (C=O) groups excluding carboxylic acids is 1. The van der Waals surface area contributed by atoms with Crippen LogP contribution in [0.5, 0.6) is 0 Å². The van der Waals surface area contributed by atoms with Crippen LogP contribution < -0.4 is 5.73 Å². The summed E-state index contributed by atoms with van der Waals surface area (Å²) in [5, 5.41) is 0. The average molecular weight is 268 g/mol. The summed E-state index contributed by atoms with van der Waals surface area (Å²) in [6, 6.07) is 0.201. The third kappa shape index (κ3) is 3.29. The van der Waals surface area contributed by atoms with Gasteiger partial charge in [-0.05, 0) is 37.5 Å². The van der Waals surface area contributed by atoms with E-state index in [0.29, 0.717) is 17.7 Å². The van der Waals surface area contributed by atoms with Crippen molar-refractivity contribution < 1.29 is 9.53 Å². The summed E-state index contributed by atoms with van der Waals surface area (Å²) >= 11 is 0. The van der Waals surface area contributed by atoms with Crippen molar-refractivity contribution in [2.45, 2.75) is 51.7 Å². The molecule has 0 aromatic rings. The van der Waals surface area contributed by atoms with Crippen molar-refractivity contribution in [2.24, 2.45) is 23.5 Å². The van der Waals surface area contributed by atoms with Crippen LogP contribution in [0.4, 0.5) is 0 Å². The van der Waals surface area contributed by atoms with E-state index >= 15 is 0 Å². The van der Waals surface area contributed by atoms with Gasteiger partial charge < -0.3 is 15.4 Å². The van der Waals surface area contributed by atoms with Gasteiger partial charge in [-0.15, -0.1) is 0 Å². The molecule has 1 saturated heterocycles. The van der Waals surface area contributed by atoms with E-state index in [1.54, 1.807) is 7.11 Å². The number of methoxy groups -OCH3 is 1. The summed E-state index contributed by atoms with van der Waals surface area (Å²) in [6.45, 7) is 6.01. The minimum atomic E-state index is 0.120. The Morgan fingerprint density at radius 1 is 1.21 bits per heavy atom. The van der Waals surface area contributed by atoms with Crippen LogP contribution in [0.15, 0.2) is 0 Å². The van der Waals surface area contributed by atoms with Crippen LogP contribution >= 0.6 is 0 Å². The van der Waals surface area contributed by atoms with Gasteiger partial charge in [-0.1, -0.05) is 13.8 Å². The molecule has 110 valence electrons. The molecule has 4 heteroatoms. The van der Waals surface area contributed by atoms with Crippen molar-refractivity contribution in [3.05, 3.63) is 0 Å². The first kappa shape index (κ1) is 14.8. The standard InChI is InChI=1S/C15H28N2O2/c1-10-4-5-12(16)8-13(10)15(18)17-7-6-11(2)14(9-17)19-3/h10-14H,4-9,16H2,1-3H3. The van der Waals surface area contributed by atoms with Crippen molar-refractivity contribution in [1.82, 2.24) is 4.90 Å². The second-order valence-electron chi connectivity index (χ2n) is 6.48. The minimum Gasteiger partial charge on any atom is -0.379 e. The molecular weight excluding hydrogens is 240 g/mol. The molecule has 0 bridgehead atoms. The molecule has 0 spiro atoms. The van der Waals surface area contributed by atoms with E-state index in [1.165, 1.54) is 0 Å². The summed E-state index contributed by atoms with van der Waals surface area (Å²) in [5.74, 6) is 1.43. The quantitative estimate of drug-likeness (QED) is 0.828. The molecule has 2 aliphatic rings. The van der Waals surface area contributed by atoms with Gasteiger partial charge in [0.1, 0.15) is 0 Å². The summed E-state index contributed by atoms with van der Waals surface area (Å²) in [6.07, 6.45) is 4.21. The van der Waals surface area contributed by atoms with E-state index in [4.69, 9.17) is 10.5 Å². The number of ether oxygens (including phenoxy) is 1. The lowest BCUT2D eigenvalue weighted by Crippen LogP contribution is -2.51. The molecule has 0 radical (unpaired) electrons. The maximum atomic E-state index is 12.7. The Labute approximate surface area is 116 Å². The van der Waals surface area contributed by atoms with E-state index in [9.17, 15) is 4.79 Å². The maximum Gasteiger partial charge on any atom is 0.226 e. The van der Waals surface area contributed by atoms with E-state index in [0.717, 1.165) is 38.8 Å². The Hall–Kier alpha value is -0.610. The zero-order valence-electron chi connectivity index (χ0n) is 12.5. The number of carbonyl (C=O) groups is 1. The SMILES string of the molecule is COC1CN(C(=O)C2CC(N)CCC2C)CCC1C. The first-order chi connectivity index (χ1) is 9.02. The average Bonchev–Trinajstić information content (AvgIpc) is 2.41. The summed E-state index contributed by atoms with van der Waals surface area (Å²) in [7, 11) is 1.74. The predicted octanol–water partition coefficient (Wildman–Crippen LogP) is 1.63. The maximum absolute atomic E-state index is 12.7. The van der Waals surface area contributed by atoms with Gasteiger partial charge in [-0.2, -0.15) is 0 Å². The Morgan fingerprint density at radius 3 is 2.63 bits per heavy atom. The van der Waals surface area contributed by atoms with E-state index in [-0.39, 0.29) is 18.1 Å². The van der Waals surface area contributed by atoms with E-state index in [1.807, 2.05) is 4.90 Å². The second-order valence-corrected chi connectivity index (χ2v) is 6.48. The highest BCUT2D eigenvalue weighted by Crippen LogP contribution is 2.32. The van der Waals surface area contributed by atoms with Crippen LogP contribution in [0.1, 0.15) is 39.5 Å². The van der Waals surface area contributed by atoms with Crippen molar-refractivity contribution in [3.8, 4) is 0 Å². The van der Waals surface area contributed by atoms with Crippen LogP contribution in [0, 0.1) is 17.8 Å². The molecule has 19 heavy (non-hydrogen) atoms. The smallest absolute Gasteiger partial charge is 0.226 e. The molecule has 0 aromatic heterocycles. The highest BCUT2D eigenvalue weighted by Gasteiger charge is 2.36. The van der Waals surface area contributed by atoms with Crippen molar-refractivity contribution >= 4 is 5.91 Å². The van der Waals surface area contributed by atoms with E-state index < -0.39 is 0 Å². The number of nitrogens with zero attached hydrogens (tertiary/aromatic N) is 1. The number of rotatable bonds is 2. The van der Waals surface area contributed by atoms with Gasteiger partial charge in [0.15, 0.2) is 0 Å². The summed E-state index contributed by atoms with van der Waals surface area (Å²) in [4.78, 5) is 14.7. The zero-order valence-corrected chi connectivity index (χ0v) is 12.5. The van der Waals surface area contributed by atoms with Crippen LogP contribution in [-0.4, -0.2) is 43.2 Å². The molecule has 5 unspecified atom stereocenters. The first-order valence-corrected chi connectivity index (χ1v) is 7.60. The monoisotopic (exact) mass is 268 g/mol. The number of hydrogen-bond donors (Lipinski definition) is 1. The van der Waals surface area contributed by atoms with Gasteiger partial charge in [-0.25, -0.2) is 0 Å². The molecule has 2 N–H and O–H groups in total. The Kier molecular flexibility index (Phi) is 4.85. The lowest BCUT2D eigenvalue weighted by atomic mass is 9.77. The third-order valence-electron chi connectivity index (χ3n) is 5.06. The van der Waals surface area contributed by atoms with Gasteiger partial charge in [0.25, 0.3) is 0 Å². The molecular formula is C15H28N2O2. The Bertz CT molecular complexity index is 321. The third-order valence-corrected chi connectivity index (χ3v) is 5.06. The Balaban J connectivity index is 1.98. The molecule has 1 saturated carbocycles. The van der Waals surface area contributed by atoms with Gasteiger partial charge >= 0.3 is 0 Å². The van der Waals surface area contributed by atoms with Crippen molar-refractivity contribution in [3.63, 3.8) is 0 Å². The van der Waals surface area contributed by atoms with Gasteiger partial charge in [-0.3, -0.25) is 4.79 Å². The predicted molar refractivity (Wildman–Crippen MR) is 75.6 cm³/mol. The normalized spacial score (nSPS) is 40.2. The zero-order chi connectivity index (χ0) is 14.0. The Morgan fingerprint density at radius 2 is 1.95 bits per heavy atom. The number of hydrogen-bond acceptors (Lipinski definition) is 3. The molecule has 5 atom stereocenters. The van der Waals surface area contributed by atoms with Gasteiger partial charge in [0.2, 0.25) is 5.91 Å². The number of piperidine rings is 1. The topological polar surface area (TPSA) is 55.6 Å². The number of likely N-dealkylation sites (tertiary alicyclic amines) is 1.